The van der Waals surface area contributed by atoms with E-state index in [-0.39, 0.29) is 5.41 Å². The van der Waals surface area contributed by atoms with Crippen molar-refractivity contribution in [2.75, 3.05) is 0 Å². The number of hydrogen-bond acceptors (Lipinski definition) is 4. The molecule has 0 saturated heterocycles. The maximum atomic E-state index is 4.71. The minimum atomic E-state index is 0.150. The molecule has 1 atom stereocenters. The van der Waals surface area contributed by atoms with E-state index < -0.39 is 0 Å². The molecule has 1 unspecified atom stereocenters. The molecule has 2 aromatic heterocycles. The molecule has 0 aliphatic rings. The summed E-state index contributed by atoms with van der Waals surface area (Å²) >= 11 is 3.52. The van der Waals surface area contributed by atoms with Crippen LogP contribution in [-0.2, 0) is 18.4 Å². The number of thiophene rings is 1. The van der Waals surface area contributed by atoms with Gasteiger partial charge in [0.05, 0.1) is 5.69 Å². The zero-order valence-corrected chi connectivity index (χ0v) is 13.7. The van der Waals surface area contributed by atoms with Crippen molar-refractivity contribution < 1.29 is 0 Å². The van der Waals surface area contributed by atoms with E-state index in [1.807, 2.05) is 0 Å². The van der Waals surface area contributed by atoms with Crippen molar-refractivity contribution in [3.63, 3.8) is 0 Å². The molecular weight excluding hydrogens is 272 g/mol. The van der Waals surface area contributed by atoms with Crippen LogP contribution in [0.4, 0.5) is 0 Å². The van der Waals surface area contributed by atoms with E-state index in [9.17, 15) is 0 Å². The Morgan fingerprint density at radius 2 is 2.11 bits per heavy atom. The number of nitrogens with zero attached hydrogens (tertiary/aromatic N) is 1. The van der Waals surface area contributed by atoms with Crippen LogP contribution >= 0.6 is 22.7 Å². The number of aromatic nitrogens is 1. The van der Waals surface area contributed by atoms with Crippen molar-refractivity contribution in [2.45, 2.75) is 52.1 Å². The predicted octanol–water partition coefficient (Wildman–Crippen LogP) is 4.22. The smallest absolute Gasteiger partial charge is 0.107 e. The lowest BCUT2D eigenvalue weighted by atomic mass is 9.93. The third-order valence-electron chi connectivity index (χ3n) is 3.04. The van der Waals surface area contributed by atoms with Gasteiger partial charge in [-0.2, -0.15) is 11.3 Å². The van der Waals surface area contributed by atoms with Gasteiger partial charge in [-0.15, -0.1) is 11.3 Å². The molecule has 0 saturated carbocycles. The molecular formula is C15H22N2S2. The van der Waals surface area contributed by atoms with E-state index in [1.54, 1.807) is 22.7 Å². The molecule has 2 rings (SSSR count). The zero-order valence-electron chi connectivity index (χ0n) is 12.1. The lowest BCUT2D eigenvalue weighted by Crippen LogP contribution is -2.27. The monoisotopic (exact) mass is 294 g/mol. The molecule has 0 amide bonds. The van der Waals surface area contributed by atoms with Crippen LogP contribution in [0.5, 0.6) is 0 Å². The van der Waals surface area contributed by atoms with Gasteiger partial charge >= 0.3 is 0 Å². The molecule has 0 aliphatic heterocycles. The molecule has 0 radical (unpaired) electrons. The second-order valence-corrected chi connectivity index (χ2v) is 7.72. The van der Waals surface area contributed by atoms with Crippen LogP contribution < -0.4 is 5.32 Å². The molecule has 0 spiro atoms. The van der Waals surface area contributed by atoms with Gasteiger partial charge in [0.25, 0.3) is 0 Å². The van der Waals surface area contributed by atoms with Gasteiger partial charge in [-0.25, -0.2) is 4.98 Å². The average Bonchev–Trinajstić information content (AvgIpc) is 2.95. The van der Waals surface area contributed by atoms with Gasteiger partial charge in [0.1, 0.15) is 5.01 Å². The molecule has 2 heterocycles. The summed E-state index contributed by atoms with van der Waals surface area (Å²) in [6.07, 6.45) is 1.08. The largest absolute Gasteiger partial charge is 0.308 e. The number of hydrogen-bond donors (Lipinski definition) is 1. The third kappa shape index (κ3) is 4.41. The summed E-state index contributed by atoms with van der Waals surface area (Å²) in [6, 6.07) is 2.68. The standard InChI is InChI=1S/C15H22N2S2/c1-11(7-12-5-6-18-9-12)16-8-14-17-13(10-19-14)15(2,3)4/h5-6,9-11,16H,7-8H2,1-4H3. The van der Waals surface area contributed by atoms with Crippen molar-refractivity contribution in [1.82, 2.24) is 10.3 Å². The Morgan fingerprint density at radius 1 is 1.32 bits per heavy atom. The van der Waals surface area contributed by atoms with Crippen molar-refractivity contribution in [3.05, 3.63) is 38.5 Å². The van der Waals surface area contributed by atoms with E-state index in [0.717, 1.165) is 13.0 Å². The fourth-order valence-electron chi connectivity index (χ4n) is 1.83. The minimum absolute atomic E-state index is 0.150. The molecule has 104 valence electrons. The fourth-order valence-corrected chi connectivity index (χ4v) is 3.49. The maximum absolute atomic E-state index is 4.71. The Hall–Kier alpha value is -0.710. The quantitative estimate of drug-likeness (QED) is 0.893. The summed E-state index contributed by atoms with van der Waals surface area (Å²) in [7, 11) is 0. The summed E-state index contributed by atoms with van der Waals surface area (Å²) in [5.74, 6) is 0. The lowest BCUT2D eigenvalue weighted by molar-refractivity contribution is 0.537. The first kappa shape index (κ1) is 14.7. The molecule has 0 bridgehead atoms. The maximum Gasteiger partial charge on any atom is 0.107 e. The van der Waals surface area contributed by atoms with Crippen LogP contribution in [0.1, 0.15) is 44.0 Å². The number of nitrogens with one attached hydrogen (secondary N) is 1. The summed E-state index contributed by atoms with van der Waals surface area (Å²) in [5.41, 5.74) is 2.76. The van der Waals surface area contributed by atoms with Crippen molar-refractivity contribution in [3.8, 4) is 0 Å². The Balaban J connectivity index is 1.83. The number of rotatable bonds is 5. The normalized spacial score (nSPS) is 13.7. The lowest BCUT2D eigenvalue weighted by Gasteiger charge is -2.14. The van der Waals surface area contributed by atoms with E-state index in [4.69, 9.17) is 4.98 Å². The zero-order chi connectivity index (χ0) is 13.9. The van der Waals surface area contributed by atoms with E-state index in [2.05, 4.69) is 55.2 Å². The predicted molar refractivity (Wildman–Crippen MR) is 85.1 cm³/mol. The molecule has 2 nitrogen and oxygen atoms in total. The van der Waals surface area contributed by atoms with Crippen LogP contribution in [0.3, 0.4) is 0 Å². The van der Waals surface area contributed by atoms with Gasteiger partial charge in [-0.3, -0.25) is 0 Å². The van der Waals surface area contributed by atoms with Crippen molar-refractivity contribution in [2.24, 2.45) is 0 Å². The third-order valence-corrected chi connectivity index (χ3v) is 4.62. The summed E-state index contributed by atoms with van der Waals surface area (Å²) < 4.78 is 0. The molecule has 0 fully saturated rings. The van der Waals surface area contributed by atoms with Gasteiger partial charge in [0, 0.05) is 23.4 Å². The topological polar surface area (TPSA) is 24.9 Å². The SMILES string of the molecule is CC(Cc1ccsc1)NCc1nc(C(C)(C)C)cs1. The van der Waals surface area contributed by atoms with Crippen LogP contribution in [0.2, 0.25) is 0 Å². The van der Waals surface area contributed by atoms with Crippen LogP contribution in [0, 0.1) is 0 Å². The van der Waals surface area contributed by atoms with Gasteiger partial charge in [-0.1, -0.05) is 20.8 Å². The summed E-state index contributed by atoms with van der Waals surface area (Å²) in [6.45, 7) is 9.72. The Bertz CT molecular complexity index is 494. The van der Waals surface area contributed by atoms with Gasteiger partial charge in [-0.05, 0) is 35.7 Å². The fraction of sp³-hybridized carbons (Fsp3) is 0.533. The van der Waals surface area contributed by atoms with E-state index in [1.165, 1.54) is 16.3 Å². The second kappa shape index (κ2) is 6.16. The van der Waals surface area contributed by atoms with Gasteiger partial charge in [0.15, 0.2) is 0 Å². The highest BCUT2D eigenvalue weighted by Gasteiger charge is 2.17. The van der Waals surface area contributed by atoms with Gasteiger partial charge in [0.2, 0.25) is 0 Å². The molecule has 4 heteroatoms. The molecule has 1 N–H and O–H groups in total. The highest BCUT2D eigenvalue weighted by Crippen LogP contribution is 2.23. The molecule has 0 aromatic carbocycles. The Kier molecular flexibility index (Phi) is 4.76. The second-order valence-electron chi connectivity index (χ2n) is 5.99. The van der Waals surface area contributed by atoms with Crippen LogP contribution in [0.25, 0.3) is 0 Å². The Morgan fingerprint density at radius 3 is 2.68 bits per heavy atom. The van der Waals surface area contributed by atoms with Crippen molar-refractivity contribution >= 4 is 22.7 Å². The highest BCUT2D eigenvalue weighted by molar-refractivity contribution is 7.09. The van der Waals surface area contributed by atoms with Crippen LogP contribution in [0.15, 0.2) is 22.2 Å². The van der Waals surface area contributed by atoms with E-state index in [0.29, 0.717) is 6.04 Å². The molecule has 0 aliphatic carbocycles. The van der Waals surface area contributed by atoms with Crippen molar-refractivity contribution in [1.29, 1.82) is 0 Å². The van der Waals surface area contributed by atoms with Crippen LogP contribution in [-0.4, -0.2) is 11.0 Å². The summed E-state index contributed by atoms with van der Waals surface area (Å²) in [5, 5.41) is 11.3. The first-order valence-electron chi connectivity index (χ1n) is 6.64. The highest BCUT2D eigenvalue weighted by atomic mass is 32.1. The molecule has 19 heavy (non-hydrogen) atoms. The number of thiazole rings is 1. The Labute approximate surface area is 123 Å². The first-order valence-corrected chi connectivity index (χ1v) is 8.47. The summed E-state index contributed by atoms with van der Waals surface area (Å²) in [4.78, 5) is 4.71. The first-order chi connectivity index (χ1) is 8.95. The van der Waals surface area contributed by atoms with Gasteiger partial charge < -0.3 is 5.32 Å². The minimum Gasteiger partial charge on any atom is -0.308 e. The average molecular weight is 294 g/mol. The van der Waals surface area contributed by atoms with E-state index >= 15 is 0 Å². The molecule has 2 aromatic rings.